The SMILES string of the molecule is CC1CN(C)C(C)CC1Nc1cccc(-n2cccc2)c1. The summed E-state index contributed by atoms with van der Waals surface area (Å²) >= 11 is 0. The van der Waals surface area contributed by atoms with Crippen molar-refractivity contribution in [2.45, 2.75) is 32.4 Å². The molecule has 2 heterocycles. The lowest BCUT2D eigenvalue weighted by Gasteiger charge is -2.40. The summed E-state index contributed by atoms with van der Waals surface area (Å²) < 4.78 is 2.14. The van der Waals surface area contributed by atoms with E-state index < -0.39 is 0 Å². The molecule has 0 aliphatic carbocycles. The molecule has 3 rings (SSSR count). The van der Waals surface area contributed by atoms with Crippen molar-refractivity contribution in [1.29, 1.82) is 0 Å². The number of rotatable bonds is 3. The van der Waals surface area contributed by atoms with Crippen molar-refractivity contribution in [2.24, 2.45) is 5.92 Å². The Balaban J connectivity index is 1.74. The van der Waals surface area contributed by atoms with Gasteiger partial charge in [0.15, 0.2) is 0 Å². The van der Waals surface area contributed by atoms with E-state index in [9.17, 15) is 0 Å². The summed E-state index contributed by atoms with van der Waals surface area (Å²) in [5.74, 6) is 0.668. The van der Waals surface area contributed by atoms with Crippen molar-refractivity contribution < 1.29 is 0 Å². The van der Waals surface area contributed by atoms with Crippen LogP contribution in [0, 0.1) is 5.92 Å². The van der Waals surface area contributed by atoms with Crippen LogP contribution >= 0.6 is 0 Å². The number of hydrogen-bond acceptors (Lipinski definition) is 2. The standard InChI is InChI=1S/C18H25N3/c1-14-13-20(3)15(2)11-18(14)19-16-7-6-8-17(12-16)21-9-4-5-10-21/h4-10,12,14-15,18-19H,11,13H2,1-3H3. The number of benzene rings is 1. The van der Waals surface area contributed by atoms with Crippen molar-refractivity contribution in [3.8, 4) is 5.69 Å². The van der Waals surface area contributed by atoms with Gasteiger partial charge < -0.3 is 14.8 Å². The molecule has 0 bridgehead atoms. The second-order valence-electron chi connectivity index (χ2n) is 6.39. The molecule has 1 fully saturated rings. The fraction of sp³-hybridized carbons (Fsp3) is 0.444. The van der Waals surface area contributed by atoms with E-state index in [-0.39, 0.29) is 0 Å². The van der Waals surface area contributed by atoms with Crippen molar-refractivity contribution in [3.63, 3.8) is 0 Å². The minimum Gasteiger partial charge on any atom is -0.382 e. The zero-order chi connectivity index (χ0) is 14.8. The Hall–Kier alpha value is -1.74. The molecule has 0 amide bonds. The minimum atomic E-state index is 0.552. The van der Waals surface area contributed by atoms with Crippen molar-refractivity contribution in [1.82, 2.24) is 9.47 Å². The fourth-order valence-electron chi connectivity index (χ4n) is 3.22. The predicted molar refractivity (Wildman–Crippen MR) is 89.1 cm³/mol. The highest BCUT2D eigenvalue weighted by molar-refractivity contribution is 5.52. The molecule has 3 atom stereocenters. The summed E-state index contributed by atoms with van der Waals surface area (Å²) in [6.07, 6.45) is 5.37. The van der Waals surface area contributed by atoms with Gasteiger partial charge >= 0.3 is 0 Å². The quantitative estimate of drug-likeness (QED) is 0.928. The predicted octanol–water partition coefficient (Wildman–Crippen LogP) is 3.62. The largest absolute Gasteiger partial charge is 0.382 e. The van der Waals surface area contributed by atoms with Crippen LogP contribution in [0.2, 0.25) is 0 Å². The van der Waals surface area contributed by atoms with Gasteiger partial charge in [-0.1, -0.05) is 13.0 Å². The third-order valence-electron chi connectivity index (χ3n) is 4.71. The minimum absolute atomic E-state index is 0.552. The van der Waals surface area contributed by atoms with E-state index in [1.807, 2.05) is 0 Å². The van der Waals surface area contributed by atoms with Crippen LogP contribution in [0.25, 0.3) is 5.69 Å². The number of piperidine rings is 1. The summed E-state index contributed by atoms with van der Waals surface area (Å²) in [6.45, 7) is 5.82. The van der Waals surface area contributed by atoms with Gasteiger partial charge in [-0.05, 0) is 56.6 Å². The third-order valence-corrected chi connectivity index (χ3v) is 4.71. The van der Waals surface area contributed by atoms with E-state index >= 15 is 0 Å². The second kappa shape index (κ2) is 5.94. The average molecular weight is 283 g/mol. The molecular weight excluding hydrogens is 258 g/mol. The molecule has 1 N–H and O–H groups in total. The molecule has 112 valence electrons. The van der Waals surface area contributed by atoms with Gasteiger partial charge in [0.2, 0.25) is 0 Å². The maximum Gasteiger partial charge on any atom is 0.0469 e. The van der Waals surface area contributed by atoms with Crippen LogP contribution in [0.15, 0.2) is 48.8 Å². The number of hydrogen-bond donors (Lipinski definition) is 1. The first kappa shape index (κ1) is 14.2. The Labute approximate surface area is 127 Å². The zero-order valence-corrected chi connectivity index (χ0v) is 13.2. The van der Waals surface area contributed by atoms with E-state index in [0.29, 0.717) is 18.0 Å². The molecule has 0 radical (unpaired) electrons. The Bertz CT molecular complexity index is 576. The number of aromatic nitrogens is 1. The molecule has 3 unspecified atom stereocenters. The van der Waals surface area contributed by atoms with Crippen LogP contribution in [0.4, 0.5) is 5.69 Å². The van der Waals surface area contributed by atoms with E-state index in [1.165, 1.54) is 17.8 Å². The average Bonchev–Trinajstić information content (AvgIpc) is 2.99. The van der Waals surface area contributed by atoms with E-state index in [2.05, 4.69) is 84.5 Å². The lowest BCUT2D eigenvalue weighted by molar-refractivity contribution is 0.145. The molecule has 0 saturated carbocycles. The van der Waals surface area contributed by atoms with Crippen LogP contribution in [-0.4, -0.2) is 35.1 Å². The maximum atomic E-state index is 3.74. The molecule has 1 aliphatic rings. The lowest BCUT2D eigenvalue weighted by atomic mass is 9.89. The molecule has 1 aliphatic heterocycles. The summed E-state index contributed by atoms with van der Waals surface area (Å²) in [5, 5.41) is 3.74. The van der Waals surface area contributed by atoms with Crippen LogP contribution < -0.4 is 5.32 Å². The van der Waals surface area contributed by atoms with Crippen LogP contribution in [0.5, 0.6) is 0 Å². The first-order chi connectivity index (χ1) is 10.1. The Morgan fingerprint density at radius 3 is 2.62 bits per heavy atom. The monoisotopic (exact) mass is 283 g/mol. The summed E-state index contributed by atoms with van der Waals surface area (Å²) in [5.41, 5.74) is 2.42. The van der Waals surface area contributed by atoms with E-state index in [1.54, 1.807) is 0 Å². The number of anilines is 1. The Kier molecular flexibility index (Phi) is 4.02. The molecule has 1 aromatic carbocycles. The van der Waals surface area contributed by atoms with Gasteiger partial charge in [-0.15, -0.1) is 0 Å². The highest BCUT2D eigenvalue weighted by Gasteiger charge is 2.28. The lowest BCUT2D eigenvalue weighted by Crippen LogP contribution is -2.48. The van der Waals surface area contributed by atoms with Gasteiger partial charge in [0.05, 0.1) is 0 Å². The van der Waals surface area contributed by atoms with Gasteiger partial charge in [-0.3, -0.25) is 0 Å². The molecule has 2 aromatic rings. The Morgan fingerprint density at radius 2 is 1.86 bits per heavy atom. The first-order valence-electron chi connectivity index (χ1n) is 7.83. The number of likely N-dealkylation sites (tertiary alicyclic amines) is 1. The highest BCUT2D eigenvalue weighted by atomic mass is 15.2. The van der Waals surface area contributed by atoms with Crippen molar-refractivity contribution in [3.05, 3.63) is 48.8 Å². The maximum absolute atomic E-state index is 3.74. The topological polar surface area (TPSA) is 20.2 Å². The summed E-state index contributed by atoms with van der Waals surface area (Å²) in [6, 6.07) is 14.0. The highest BCUT2D eigenvalue weighted by Crippen LogP contribution is 2.25. The molecule has 1 saturated heterocycles. The second-order valence-corrected chi connectivity index (χ2v) is 6.39. The number of nitrogens with one attached hydrogen (secondary N) is 1. The van der Waals surface area contributed by atoms with Crippen LogP contribution in [-0.2, 0) is 0 Å². The molecule has 0 spiro atoms. The molecule has 1 aromatic heterocycles. The van der Waals surface area contributed by atoms with Crippen LogP contribution in [0.1, 0.15) is 20.3 Å². The molecule has 3 nitrogen and oxygen atoms in total. The molecule has 3 heteroatoms. The van der Waals surface area contributed by atoms with Gasteiger partial charge in [0.1, 0.15) is 0 Å². The first-order valence-corrected chi connectivity index (χ1v) is 7.83. The van der Waals surface area contributed by atoms with Gasteiger partial charge in [0.25, 0.3) is 0 Å². The van der Waals surface area contributed by atoms with E-state index in [4.69, 9.17) is 0 Å². The smallest absolute Gasteiger partial charge is 0.0469 e. The zero-order valence-electron chi connectivity index (χ0n) is 13.2. The van der Waals surface area contributed by atoms with Crippen LogP contribution in [0.3, 0.4) is 0 Å². The van der Waals surface area contributed by atoms with Crippen molar-refractivity contribution in [2.75, 3.05) is 18.9 Å². The normalized spacial score (nSPS) is 26.7. The summed E-state index contributed by atoms with van der Waals surface area (Å²) in [4.78, 5) is 2.46. The number of nitrogens with zero attached hydrogens (tertiary/aromatic N) is 2. The Morgan fingerprint density at radius 1 is 1.10 bits per heavy atom. The van der Waals surface area contributed by atoms with E-state index in [0.717, 1.165) is 6.54 Å². The fourth-order valence-corrected chi connectivity index (χ4v) is 3.22. The molecular formula is C18H25N3. The third kappa shape index (κ3) is 3.13. The van der Waals surface area contributed by atoms with Crippen molar-refractivity contribution >= 4 is 5.69 Å². The van der Waals surface area contributed by atoms with Gasteiger partial charge in [-0.2, -0.15) is 0 Å². The van der Waals surface area contributed by atoms with Gasteiger partial charge in [-0.25, -0.2) is 0 Å². The van der Waals surface area contributed by atoms with Gasteiger partial charge in [0, 0.05) is 42.4 Å². The molecule has 21 heavy (non-hydrogen) atoms. The summed E-state index contributed by atoms with van der Waals surface area (Å²) in [7, 11) is 2.23.